The molecule has 0 N–H and O–H groups in total. The van der Waals surface area contributed by atoms with Crippen LogP contribution in [0.3, 0.4) is 0 Å². The Bertz CT molecular complexity index is 1070. The van der Waals surface area contributed by atoms with E-state index >= 15 is 0 Å². The number of benzene rings is 2. The predicted octanol–water partition coefficient (Wildman–Crippen LogP) is 3.39. The molecule has 0 aromatic heterocycles. The molecule has 0 bridgehead atoms. The number of hydrogen-bond donors (Lipinski definition) is 0. The standard InChI is InChI=1S/C22H20Br2N2O6/c1-25-19(27)22(18(32-22)12-6-8-16(30-4)14(24)10-12)26(2)20(28)21(25)17(31-21)11-5-7-15(29-3)13(23)9-11/h5-10,17-18H,1-4H3/t17-,18-,21-,22-/m0/s1. The molecule has 3 heterocycles. The highest BCUT2D eigenvalue weighted by Crippen LogP contribution is 2.62. The summed E-state index contributed by atoms with van der Waals surface area (Å²) < 4.78 is 23.8. The van der Waals surface area contributed by atoms with Gasteiger partial charge in [0.25, 0.3) is 23.3 Å². The number of methoxy groups -OCH3 is 2. The highest BCUT2D eigenvalue weighted by atomic mass is 79.9. The van der Waals surface area contributed by atoms with Crippen LogP contribution in [0.2, 0.25) is 0 Å². The van der Waals surface area contributed by atoms with Gasteiger partial charge in [-0.25, -0.2) is 0 Å². The van der Waals surface area contributed by atoms with Crippen molar-refractivity contribution in [2.45, 2.75) is 23.7 Å². The predicted molar refractivity (Wildman–Crippen MR) is 120 cm³/mol. The van der Waals surface area contributed by atoms with Gasteiger partial charge < -0.3 is 28.7 Å². The Balaban J connectivity index is 1.44. The molecule has 0 aliphatic carbocycles. The number of hydrogen-bond acceptors (Lipinski definition) is 6. The van der Waals surface area contributed by atoms with Gasteiger partial charge in [0.2, 0.25) is 0 Å². The first kappa shape index (κ1) is 21.7. The number of epoxide rings is 2. The van der Waals surface area contributed by atoms with Gasteiger partial charge in [-0.1, -0.05) is 12.1 Å². The van der Waals surface area contributed by atoms with Crippen molar-refractivity contribution in [1.29, 1.82) is 0 Å². The third kappa shape index (κ3) is 2.73. The van der Waals surface area contributed by atoms with Gasteiger partial charge in [-0.3, -0.25) is 9.59 Å². The van der Waals surface area contributed by atoms with Gasteiger partial charge in [-0.15, -0.1) is 0 Å². The van der Waals surface area contributed by atoms with Crippen LogP contribution in [0.25, 0.3) is 0 Å². The van der Waals surface area contributed by atoms with Crippen LogP contribution in [0.1, 0.15) is 23.3 Å². The minimum Gasteiger partial charge on any atom is -0.496 e. The number of likely N-dealkylation sites (N-methyl/N-ethyl adjacent to an activating group) is 2. The van der Waals surface area contributed by atoms with Crippen molar-refractivity contribution in [2.24, 2.45) is 0 Å². The normalized spacial score (nSPS) is 30.8. The highest BCUT2D eigenvalue weighted by Gasteiger charge is 2.81. The van der Waals surface area contributed by atoms with Crippen molar-refractivity contribution in [3.05, 3.63) is 56.5 Å². The minimum absolute atomic E-state index is 0.327. The zero-order valence-electron chi connectivity index (χ0n) is 17.7. The lowest BCUT2D eigenvalue weighted by Gasteiger charge is -2.39. The fourth-order valence-electron chi connectivity index (χ4n) is 4.47. The lowest BCUT2D eigenvalue weighted by atomic mass is 9.95. The van der Waals surface area contributed by atoms with Crippen LogP contribution >= 0.6 is 31.9 Å². The smallest absolute Gasteiger partial charge is 0.281 e. The largest absolute Gasteiger partial charge is 0.496 e. The van der Waals surface area contributed by atoms with E-state index in [2.05, 4.69) is 31.9 Å². The Kier molecular flexibility index (Phi) is 4.87. The molecule has 3 saturated heterocycles. The van der Waals surface area contributed by atoms with Gasteiger partial charge >= 0.3 is 0 Å². The molecule has 8 nitrogen and oxygen atoms in total. The van der Waals surface area contributed by atoms with Gasteiger partial charge in [0, 0.05) is 14.1 Å². The Morgan fingerprint density at radius 2 is 1.16 bits per heavy atom. The molecule has 4 atom stereocenters. The number of nitrogens with zero attached hydrogens (tertiary/aromatic N) is 2. The molecule has 2 amide bonds. The molecule has 2 aromatic carbocycles. The number of carbonyl (C=O) groups is 2. The summed E-state index contributed by atoms with van der Waals surface area (Å²) in [5, 5.41) is 0. The molecule has 0 radical (unpaired) electrons. The second-order valence-electron chi connectivity index (χ2n) is 7.90. The van der Waals surface area contributed by atoms with Gasteiger partial charge in [0.05, 0.1) is 23.2 Å². The van der Waals surface area contributed by atoms with E-state index in [0.29, 0.717) is 11.5 Å². The number of piperazine rings is 1. The fourth-order valence-corrected chi connectivity index (χ4v) is 5.59. The number of rotatable bonds is 4. The molecule has 32 heavy (non-hydrogen) atoms. The van der Waals surface area contributed by atoms with Crippen molar-refractivity contribution >= 4 is 43.7 Å². The molecule has 2 aromatic rings. The van der Waals surface area contributed by atoms with E-state index in [1.165, 1.54) is 9.80 Å². The molecule has 3 aliphatic heterocycles. The minimum atomic E-state index is -1.39. The zero-order valence-corrected chi connectivity index (χ0v) is 20.9. The summed E-state index contributed by atoms with van der Waals surface area (Å²) in [6, 6.07) is 10.9. The van der Waals surface area contributed by atoms with Crippen molar-refractivity contribution in [3.8, 4) is 11.5 Å². The molecule has 3 fully saturated rings. The van der Waals surface area contributed by atoms with Crippen molar-refractivity contribution in [1.82, 2.24) is 9.80 Å². The fraction of sp³-hybridized carbons (Fsp3) is 0.364. The molecular formula is C22H20Br2N2O6. The summed E-state index contributed by atoms with van der Waals surface area (Å²) in [5.74, 6) is 0.677. The lowest BCUT2D eigenvalue weighted by Crippen LogP contribution is -2.67. The monoisotopic (exact) mass is 566 g/mol. The van der Waals surface area contributed by atoms with E-state index in [1.807, 2.05) is 24.3 Å². The van der Waals surface area contributed by atoms with Crippen molar-refractivity contribution in [2.75, 3.05) is 28.3 Å². The Morgan fingerprint density at radius 3 is 1.47 bits per heavy atom. The van der Waals surface area contributed by atoms with Gasteiger partial charge in [0.1, 0.15) is 23.7 Å². The van der Waals surface area contributed by atoms with Crippen LogP contribution in [-0.2, 0) is 19.1 Å². The van der Waals surface area contributed by atoms with Gasteiger partial charge in [-0.2, -0.15) is 0 Å². The molecule has 3 aliphatic rings. The molecule has 0 saturated carbocycles. The van der Waals surface area contributed by atoms with Crippen LogP contribution < -0.4 is 9.47 Å². The number of ether oxygens (including phenoxy) is 4. The topological polar surface area (TPSA) is 84.1 Å². The average Bonchev–Trinajstić information content (AvgIpc) is 3.70. The van der Waals surface area contributed by atoms with Gasteiger partial charge in [0.15, 0.2) is 0 Å². The number of amides is 2. The third-order valence-electron chi connectivity index (χ3n) is 6.37. The summed E-state index contributed by atoms with van der Waals surface area (Å²) in [6.07, 6.45) is -1.17. The number of halogens is 2. The van der Waals surface area contributed by atoms with E-state index in [9.17, 15) is 9.59 Å². The maximum Gasteiger partial charge on any atom is 0.281 e. The van der Waals surface area contributed by atoms with E-state index < -0.39 is 23.7 Å². The second-order valence-corrected chi connectivity index (χ2v) is 9.61. The van der Waals surface area contributed by atoms with Crippen LogP contribution in [0.15, 0.2) is 45.3 Å². The molecule has 0 unspecified atom stereocenters. The molecule has 168 valence electrons. The first-order chi connectivity index (χ1) is 15.2. The summed E-state index contributed by atoms with van der Waals surface area (Å²) in [5.41, 5.74) is -1.24. The average molecular weight is 568 g/mol. The Hall–Kier alpha value is -2.14. The first-order valence-corrected chi connectivity index (χ1v) is 11.4. The first-order valence-electron chi connectivity index (χ1n) is 9.81. The van der Waals surface area contributed by atoms with E-state index in [-0.39, 0.29) is 11.8 Å². The SMILES string of the molecule is COc1ccc([C@@H]2O[C@]23C(=O)N(C)[C@@]2(O[C@H]2c2ccc(OC)c(Br)c2)C(=O)N3C)cc1Br. The second kappa shape index (κ2) is 7.18. The molecular weight excluding hydrogens is 548 g/mol. The van der Waals surface area contributed by atoms with Crippen LogP contribution in [0.4, 0.5) is 0 Å². The molecule has 5 rings (SSSR count). The number of carbonyl (C=O) groups excluding carboxylic acids is 2. The summed E-state index contributed by atoms with van der Waals surface area (Å²) in [4.78, 5) is 29.8. The van der Waals surface area contributed by atoms with Crippen LogP contribution in [-0.4, -0.2) is 61.4 Å². The zero-order chi connectivity index (χ0) is 23.0. The third-order valence-corrected chi connectivity index (χ3v) is 7.61. The summed E-state index contributed by atoms with van der Waals surface area (Å²) in [6.45, 7) is 0. The summed E-state index contributed by atoms with van der Waals surface area (Å²) in [7, 11) is 6.31. The Morgan fingerprint density at radius 1 is 0.781 bits per heavy atom. The van der Waals surface area contributed by atoms with Crippen LogP contribution in [0.5, 0.6) is 11.5 Å². The van der Waals surface area contributed by atoms with Crippen molar-refractivity contribution < 1.29 is 28.5 Å². The van der Waals surface area contributed by atoms with E-state index in [4.69, 9.17) is 18.9 Å². The quantitative estimate of drug-likeness (QED) is 0.527. The summed E-state index contributed by atoms with van der Waals surface area (Å²) >= 11 is 6.92. The molecule has 2 spiro atoms. The van der Waals surface area contributed by atoms with Gasteiger partial charge in [-0.05, 0) is 67.3 Å². The van der Waals surface area contributed by atoms with Crippen LogP contribution in [0, 0.1) is 0 Å². The Labute approximate surface area is 201 Å². The van der Waals surface area contributed by atoms with Crippen molar-refractivity contribution in [3.63, 3.8) is 0 Å². The lowest BCUT2D eigenvalue weighted by molar-refractivity contribution is -0.175. The highest BCUT2D eigenvalue weighted by molar-refractivity contribution is 9.10. The van der Waals surface area contributed by atoms with E-state index in [0.717, 1.165) is 20.1 Å². The molecule has 10 heteroatoms. The maximum absolute atomic E-state index is 13.5. The maximum atomic E-state index is 13.5. The van der Waals surface area contributed by atoms with E-state index in [1.54, 1.807) is 40.4 Å².